The Morgan fingerprint density at radius 2 is 2.31 bits per heavy atom. The first-order valence-corrected chi connectivity index (χ1v) is 4.75. The number of amidine groups is 1. The number of pyridine rings is 1. The minimum absolute atomic E-state index is 0.127. The molecule has 1 rings (SSSR count). The lowest BCUT2D eigenvalue weighted by molar-refractivity contribution is 0.0975. The number of nitrogens with two attached hydrogens (primary N) is 1. The number of nitrogens with one attached hydrogen (secondary N) is 1. The summed E-state index contributed by atoms with van der Waals surface area (Å²) in [6.07, 6.45) is -0.832. The third-order valence-corrected chi connectivity index (χ3v) is 2.00. The lowest BCUT2D eigenvalue weighted by Crippen LogP contribution is -2.24. The van der Waals surface area contributed by atoms with Crippen molar-refractivity contribution in [1.82, 2.24) is 9.88 Å². The van der Waals surface area contributed by atoms with Crippen LogP contribution in [0.5, 0.6) is 0 Å². The predicted octanol–water partition coefficient (Wildman–Crippen LogP) is 1.06. The van der Waals surface area contributed by atoms with E-state index in [1.807, 2.05) is 0 Å². The molecule has 0 bridgehead atoms. The highest BCUT2D eigenvalue weighted by Crippen LogP contribution is 2.06. The standard InChI is InChI=1S/C10H14F2N4/c1-16(6-9(11)12)5-7-2-3-15-8(4-7)10(13)14/h2-4,9H,5-6H2,1H3,(H3,13,14). The number of hydrogen-bond donors (Lipinski definition) is 2. The first-order valence-electron chi connectivity index (χ1n) is 4.75. The lowest BCUT2D eigenvalue weighted by Gasteiger charge is -2.16. The molecule has 0 unspecified atom stereocenters. The van der Waals surface area contributed by atoms with Crippen molar-refractivity contribution < 1.29 is 8.78 Å². The molecule has 3 N–H and O–H groups in total. The second kappa shape index (κ2) is 5.50. The van der Waals surface area contributed by atoms with Gasteiger partial charge in [0.05, 0.1) is 6.54 Å². The zero-order valence-corrected chi connectivity index (χ0v) is 8.95. The number of aromatic nitrogens is 1. The maximum Gasteiger partial charge on any atom is 0.251 e. The molecule has 0 atom stereocenters. The molecular formula is C10H14F2N4. The Bertz CT molecular complexity index is 368. The van der Waals surface area contributed by atoms with Crippen LogP contribution in [0, 0.1) is 5.41 Å². The molecular weight excluding hydrogens is 214 g/mol. The Morgan fingerprint density at radius 1 is 1.62 bits per heavy atom. The Balaban J connectivity index is 2.66. The van der Waals surface area contributed by atoms with Gasteiger partial charge < -0.3 is 5.73 Å². The van der Waals surface area contributed by atoms with Crippen LogP contribution in [0.4, 0.5) is 8.78 Å². The van der Waals surface area contributed by atoms with Crippen molar-refractivity contribution in [2.24, 2.45) is 5.73 Å². The van der Waals surface area contributed by atoms with Gasteiger partial charge in [0, 0.05) is 12.7 Å². The van der Waals surface area contributed by atoms with Crippen LogP contribution >= 0.6 is 0 Å². The third-order valence-electron chi connectivity index (χ3n) is 2.00. The largest absolute Gasteiger partial charge is 0.382 e. The highest BCUT2D eigenvalue weighted by atomic mass is 19.3. The number of alkyl halides is 2. The van der Waals surface area contributed by atoms with E-state index in [-0.39, 0.29) is 12.4 Å². The Labute approximate surface area is 92.6 Å². The second-order valence-electron chi connectivity index (χ2n) is 3.55. The van der Waals surface area contributed by atoms with Crippen LogP contribution in [0.2, 0.25) is 0 Å². The van der Waals surface area contributed by atoms with Gasteiger partial charge in [0.25, 0.3) is 6.43 Å². The fourth-order valence-corrected chi connectivity index (χ4v) is 1.33. The van der Waals surface area contributed by atoms with E-state index in [9.17, 15) is 8.78 Å². The molecule has 0 saturated heterocycles. The van der Waals surface area contributed by atoms with E-state index in [4.69, 9.17) is 11.1 Å². The summed E-state index contributed by atoms with van der Waals surface area (Å²) in [6.45, 7) is 0.102. The van der Waals surface area contributed by atoms with Crippen molar-refractivity contribution >= 4 is 5.84 Å². The summed E-state index contributed by atoms with van der Waals surface area (Å²) >= 11 is 0. The van der Waals surface area contributed by atoms with Crippen LogP contribution in [0.15, 0.2) is 18.3 Å². The van der Waals surface area contributed by atoms with Gasteiger partial charge in [-0.1, -0.05) is 0 Å². The third kappa shape index (κ3) is 3.90. The Morgan fingerprint density at radius 3 is 2.88 bits per heavy atom. The summed E-state index contributed by atoms with van der Waals surface area (Å²) in [4.78, 5) is 5.39. The van der Waals surface area contributed by atoms with Crippen LogP contribution in [0.3, 0.4) is 0 Å². The molecule has 4 nitrogen and oxygen atoms in total. The van der Waals surface area contributed by atoms with Crippen molar-refractivity contribution in [1.29, 1.82) is 5.41 Å². The van der Waals surface area contributed by atoms with E-state index in [0.717, 1.165) is 5.56 Å². The number of nitrogens with zero attached hydrogens (tertiary/aromatic N) is 2. The van der Waals surface area contributed by atoms with Gasteiger partial charge in [-0.15, -0.1) is 0 Å². The maximum atomic E-state index is 12.1. The quantitative estimate of drug-likeness (QED) is 0.585. The van der Waals surface area contributed by atoms with Gasteiger partial charge >= 0.3 is 0 Å². The van der Waals surface area contributed by atoms with E-state index in [1.165, 1.54) is 11.1 Å². The summed E-state index contributed by atoms with van der Waals surface area (Å²) in [5.74, 6) is -0.127. The molecule has 0 saturated carbocycles. The van der Waals surface area contributed by atoms with Gasteiger partial charge in [0.1, 0.15) is 11.5 Å². The lowest BCUT2D eigenvalue weighted by atomic mass is 10.2. The predicted molar refractivity (Wildman–Crippen MR) is 57.6 cm³/mol. The van der Waals surface area contributed by atoms with Gasteiger partial charge in [-0.3, -0.25) is 15.3 Å². The minimum Gasteiger partial charge on any atom is -0.382 e. The molecule has 0 aliphatic carbocycles. The van der Waals surface area contributed by atoms with E-state index in [1.54, 1.807) is 19.2 Å². The summed E-state index contributed by atoms with van der Waals surface area (Å²) < 4.78 is 24.2. The maximum absolute atomic E-state index is 12.1. The monoisotopic (exact) mass is 228 g/mol. The van der Waals surface area contributed by atoms with E-state index in [2.05, 4.69) is 4.98 Å². The van der Waals surface area contributed by atoms with Crippen molar-refractivity contribution in [2.75, 3.05) is 13.6 Å². The SMILES string of the molecule is CN(Cc1ccnc(C(=N)N)c1)CC(F)F. The van der Waals surface area contributed by atoms with Crippen molar-refractivity contribution in [2.45, 2.75) is 13.0 Å². The number of rotatable bonds is 5. The van der Waals surface area contributed by atoms with E-state index < -0.39 is 6.43 Å². The summed E-state index contributed by atoms with van der Waals surface area (Å²) in [5.41, 5.74) is 6.45. The first kappa shape index (κ1) is 12.5. The highest BCUT2D eigenvalue weighted by molar-refractivity contribution is 5.93. The second-order valence-corrected chi connectivity index (χ2v) is 3.55. The van der Waals surface area contributed by atoms with Gasteiger partial charge in [-0.05, 0) is 24.7 Å². The number of halogens is 2. The molecule has 1 aromatic rings. The van der Waals surface area contributed by atoms with Gasteiger partial charge in [-0.2, -0.15) is 0 Å². The normalized spacial score (nSPS) is 11.1. The van der Waals surface area contributed by atoms with Crippen LogP contribution in [-0.2, 0) is 6.54 Å². The van der Waals surface area contributed by atoms with E-state index in [0.29, 0.717) is 12.2 Å². The molecule has 0 aliphatic rings. The zero-order chi connectivity index (χ0) is 12.1. The van der Waals surface area contributed by atoms with E-state index >= 15 is 0 Å². The molecule has 0 aliphatic heterocycles. The molecule has 0 spiro atoms. The Kier molecular flexibility index (Phi) is 4.30. The van der Waals surface area contributed by atoms with Crippen LogP contribution in [0.25, 0.3) is 0 Å². The summed E-state index contributed by atoms with van der Waals surface area (Å²) in [7, 11) is 1.61. The average Bonchev–Trinajstić information content (AvgIpc) is 2.16. The smallest absolute Gasteiger partial charge is 0.251 e. The molecule has 0 aromatic carbocycles. The zero-order valence-electron chi connectivity index (χ0n) is 8.95. The number of nitrogen functional groups attached to an aromatic ring is 1. The molecule has 0 amide bonds. The topological polar surface area (TPSA) is 66.0 Å². The molecule has 6 heteroatoms. The van der Waals surface area contributed by atoms with Gasteiger partial charge in [0.2, 0.25) is 0 Å². The molecule has 88 valence electrons. The fraction of sp³-hybridized carbons (Fsp3) is 0.400. The highest BCUT2D eigenvalue weighted by Gasteiger charge is 2.08. The van der Waals surface area contributed by atoms with Crippen LogP contribution in [-0.4, -0.2) is 35.7 Å². The average molecular weight is 228 g/mol. The summed E-state index contributed by atoms with van der Waals surface area (Å²) in [5, 5.41) is 7.21. The molecule has 1 aromatic heterocycles. The van der Waals surface area contributed by atoms with Gasteiger partial charge in [-0.25, -0.2) is 8.78 Å². The summed E-state index contributed by atoms with van der Waals surface area (Å²) in [6, 6.07) is 3.35. The van der Waals surface area contributed by atoms with Gasteiger partial charge in [0.15, 0.2) is 0 Å². The molecule has 0 fully saturated rings. The molecule has 0 radical (unpaired) electrons. The number of hydrogen-bond acceptors (Lipinski definition) is 3. The van der Waals surface area contributed by atoms with Crippen molar-refractivity contribution in [3.63, 3.8) is 0 Å². The minimum atomic E-state index is -2.35. The fourth-order valence-electron chi connectivity index (χ4n) is 1.33. The van der Waals surface area contributed by atoms with Crippen molar-refractivity contribution in [3.8, 4) is 0 Å². The first-order chi connectivity index (χ1) is 7.49. The molecule has 1 heterocycles. The van der Waals surface area contributed by atoms with Crippen molar-refractivity contribution in [3.05, 3.63) is 29.6 Å². The molecule has 16 heavy (non-hydrogen) atoms. The van der Waals surface area contributed by atoms with Crippen LogP contribution in [0.1, 0.15) is 11.3 Å². The Hall–Kier alpha value is -1.56. The van der Waals surface area contributed by atoms with Crippen LogP contribution < -0.4 is 5.73 Å².